The number of rotatable bonds is 9. The maximum absolute atomic E-state index is 12.3. The molecule has 1 heterocycles. The summed E-state index contributed by atoms with van der Waals surface area (Å²) in [4.78, 5) is 12.3. The SMILES string of the molecule is C=CCNc1nnc(S[C@@H](C)C(=O)NCc2ccccc2OC)s1. The molecule has 8 heteroatoms. The molecule has 1 aromatic heterocycles. The number of hydrogen-bond acceptors (Lipinski definition) is 7. The van der Waals surface area contributed by atoms with Gasteiger partial charge in [0.1, 0.15) is 5.75 Å². The number of methoxy groups -OCH3 is 1. The first-order valence-electron chi connectivity index (χ1n) is 7.38. The summed E-state index contributed by atoms with van der Waals surface area (Å²) in [6.07, 6.45) is 1.75. The number of nitrogens with one attached hydrogen (secondary N) is 2. The average molecular weight is 364 g/mol. The number of anilines is 1. The quantitative estimate of drug-likeness (QED) is 0.526. The number of aromatic nitrogens is 2. The lowest BCUT2D eigenvalue weighted by molar-refractivity contribution is -0.120. The van der Waals surface area contributed by atoms with Crippen LogP contribution in [0, 0.1) is 0 Å². The van der Waals surface area contributed by atoms with E-state index in [1.54, 1.807) is 13.2 Å². The third-order valence-electron chi connectivity index (χ3n) is 3.10. The number of carbonyl (C=O) groups excluding carboxylic acids is 1. The number of carbonyl (C=O) groups is 1. The summed E-state index contributed by atoms with van der Waals surface area (Å²) in [5.41, 5.74) is 0.942. The number of hydrogen-bond donors (Lipinski definition) is 2. The van der Waals surface area contributed by atoms with Crippen LogP contribution < -0.4 is 15.4 Å². The molecule has 0 saturated heterocycles. The number of thioether (sulfide) groups is 1. The highest BCUT2D eigenvalue weighted by Crippen LogP contribution is 2.29. The van der Waals surface area contributed by atoms with Gasteiger partial charge in [-0.1, -0.05) is 47.4 Å². The molecule has 0 aliphatic rings. The first kappa shape index (κ1) is 18.3. The zero-order valence-corrected chi connectivity index (χ0v) is 15.2. The van der Waals surface area contributed by atoms with Gasteiger partial charge in [-0.2, -0.15) is 0 Å². The van der Waals surface area contributed by atoms with Crippen molar-refractivity contribution in [1.82, 2.24) is 15.5 Å². The van der Waals surface area contributed by atoms with E-state index in [4.69, 9.17) is 4.74 Å². The van der Waals surface area contributed by atoms with Gasteiger partial charge in [0, 0.05) is 18.7 Å². The lowest BCUT2D eigenvalue weighted by Gasteiger charge is -2.12. The monoisotopic (exact) mass is 364 g/mol. The Bertz CT molecular complexity index is 690. The molecule has 0 radical (unpaired) electrons. The van der Waals surface area contributed by atoms with Crippen LogP contribution in [0.15, 0.2) is 41.3 Å². The second-order valence-corrected chi connectivity index (χ2v) is 7.40. The molecule has 2 rings (SSSR count). The molecular weight excluding hydrogens is 344 g/mol. The van der Waals surface area contributed by atoms with Gasteiger partial charge in [0.2, 0.25) is 11.0 Å². The van der Waals surface area contributed by atoms with Crippen LogP contribution in [0.1, 0.15) is 12.5 Å². The van der Waals surface area contributed by atoms with Crippen molar-refractivity contribution in [2.45, 2.75) is 23.1 Å². The van der Waals surface area contributed by atoms with Crippen molar-refractivity contribution < 1.29 is 9.53 Å². The second-order valence-electron chi connectivity index (χ2n) is 4.83. The van der Waals surface area contributed by atoms with E-state index in [0.29, 0.717) is 13.1 Å². The summed E-state index contributed by atoms with van der Waals surface area (Å²) >= 11 is 2.81. The molecule has 0 saturated carbocycles. The first-order chi connectivity index (χ1) is 11.6. The van der Waals surface area contributed by atoms with Crippen molar-refractivity contribution in [2.24, 2.45) is 0 Å². The minimum absolute atomic E-state index is 0.0540. The van der Waals surface area contributed by atoms with E-state index in [2.05, 4.69) is 27.4 Å². The molecule has 128 valence electrons. The van der Waals surface area contributed by atoms with Crippen molar-refractivity contribution in [3.05, 3.63) is 42.5 Å². The van der Waals surface area contributed by atoms with Gasteiger partial charge >= 0.3 is 0 Å². The van der Waals surface area contributed by atoms with Crippen LogP contribution in [0.2, 0.25) is 0 Å². The predicted molar refractivity (Wildman–Crippen MR) is 98.8 cm³/mol. The molecule has 1 atom stereocenters. The summed E-state index contributed by atoms with van der Waals surface area (Å²) in [6.45, 7) is 6.55. The van der Waals surface area contributed by atoms with Crippen LogP contribution in [0.4, 0.5) is 5.13 Å². The third-order valence-corrected chi connectivity index (χ3v) is 5.16. The van der Waals surface area contributed by atoms with E-state index < -0.39 is 0 Å². The van der Waals surface area contributed by atoms with Crippen LogP contribution in [-0.2, 0) is 11.3 Å². The van der Waals surface area contributed by atoms with Crippen molar-refractivity contribution >= 4 is 34.1 Å². The second kappa shape index (κ2) is 9.29. The molecule has 24 heavy (non-hydrogen) atoms. The van der Waals surface area contributed by atoms with Gasteiger partial charge in [-0.25, -0.2) is 0 Å². The Hall–Kier alpha value is -2.06. The highest BCUT2D eigenvalue weighted by atomic mass is 32.2. The molecule has 0 spiro atoms. The normalized spacial score (nSPS) is 11.6. The van der Waals surface area contributed by atoms with Gasteiger partial charge in [0.15, 0.2) is 4.34 Å². The van der Waals surface area contributed by atoms with Gasteiger partial charge in [-0.15, -0.1) is 16.8 Å². The van der Waals surface area contributed by atoms with Gasteiger partial charge in [-0.05, 0) is 13.0 Å². The van der Waals surface area contributed by atoms with Crippen LogP contribution in [0.5, 0.6) is 5.75 Å². The topological polar surface area (TPSA) is 76.1 Å². The smallest absolute Gasteiger partial charge is 0.233 e. The maximum atomic E-state index is 12.3. The van der Waals surface area contributed by atoms with Crippen LogP contribution in [-0.4, -0.2) is 35.0 Å². The number of para-hydroxylation sites is 1. The summed E-state index contributed by atoms with van der Waals surface area (Å²) in [5, 5.41) is 14.6. The third kappa shape index (κ3) is 5.24. The van der Waals surface area contributed by atoms with Gasteiger partial charge in [0.05, 0.1) is 12.4 Å². The molecule has 0 aliphatic heterocycles. The van der Waals surface area contributed by atoms with E-state index in [1.165, 1.54) is 23.1 Å². The van der Waals surface area contributed by atoms with Crippen molar-refractivity contribution in [3.8, 4) is 5.75 Å². The number of amides is 1. The van der Waals surface area contributed by atoms with E-state index in [1.807, 2.05) is 31.2 Å². The van der Waals surface area contributed by atoms with E-state index in [-0.39, 0.29) is 11.2 Å². The first-order valence-corrected chi connectivity index (χ1v) is 9.08. The molecule has 1 amide bonds. The standard InChI is InChI=1S/C16H20N4O2S2/c1-4-9-17-15-19-20-16(24-15)23-11(2)14(21)18-10-12-7-5-6-8-13(12)22-3/h4-8,11H,1,9-10H2,2-3H3,(H,17,19)(H,18,21)/t11-/m0/s1. The fourth-order valence-corrected chi connectivity index (χ4v) is 3.80. The fraction of sp³-hybridized carbons (Fsp3) is 0.312. The van der Waals surface area contributed by atoms with Crippen LogP contribution >= 0.6 is 23.1 Å². The van der Waals surface area contributed by atoms with Crippen molar-refractivity contribution in [1.29, 1.82) is 0 Å². The molecule has 0 fully saturated rings. The van der Waals surface area contributed by atoms with E-state index in [0.717, 1.165) is 20.8 Å². The van der Waals surface area contributed by atoms with Crippen LogP contribution in [0.3, 0.4) is 0 Å². The summed E-state index contributed by atoms with van der Waals surface area (Å²) in [7, 11) is 1.62. The lowest BCUT2D eigenvalue weighted by Crippen LogP contribution is -2.30. The Labute approximate surface area is 149 Å². The average Bonchev–Trinajstić information content (AvgIpc) is 3.05. The summed E-state index contributed by atoms with van der Waals surface area (Å²) < 4.78 is 6.03. The van der Waals surface area contributed by atoms with E-state index >= 15 is 0 Å². The molecule has 1 aromatic carbocycles. The number of nitrogens with zero attached hydrogens (tertiary/aromatic N) is 2. The highest BCUT2D eigenvalue weighted by Gasteiger charge is 2.17. The van der Waals surface area contributed by atoms with Crippen LogP contribution in [0.25, 0.3) is 0 Å². The Morgan fingerprint density at radius 2 is 2.25 bits per heavy atom. The largest absolute Gasteiger partial charge is 0.496 e. The molecule has 0 unspecified atom stereocenters. The molecule has 2 N–H and O–H groups in total. The predicted octanol–water partition coefficient (Wildman–Crippen LogP) is 2.94. The highest BCUT2D eigenvalue weighted by molar-refractivity contribution is 8.02. The fourth-order valence-electron chi connectivity index (χ4n) is 1.87. The minimum atomic E-state index is -0.264. The molecule has 0 aliphatic carbocycles. The van der Waals surface area contributed by atoms with E-state index in [9.17, 15) is 4.79 Å². The zero-order valence-electron chi connectivity index (χ0n) is 13.6. The Morgan fingerprint density at radius 3 is 3.00 bits per heavy atom. The van der Waals surface area contributed by atoms with Gasteiger partial charge < -0.3 is 15.4 Å². The maximum Gasteiger partial charge on any atom is 0.233 e. The van der Waals surface area contributed by atoms with Crippen molar-refractivity contribution in [3.63, 3.8) is 0 Å². The zero-order chi connectivity index (χ0) is 17.4. The molecular formula is C16H20N4O2S2. The van der Waals surface area contributed by atoms with Gasteiger partial charge in [0.25, 0.3) is 0 Å². The molecule has 6 nitrogen and oxygen atoms in total. The summed E-state index contributed by atoms with van der Waals surface area (Å²) in [6, 6.07) is 7.62. The number of ether oxygens (including phenoxy) is 1. The van der Waals surface area contributed by atoms with Crippen molar-refractivity contribution in [2.75, 3.05) is 19.0 Å². The number of benzene rings is 1. The molecule has 2 aromatic rings. The van der Waals surface area contributed by atoms with Gasteiger partial charge in [-0.3, -0.25) is 4.79 Å². The Kier molecular flexibility index (Phi) is 7.07. The molecule has 0 bridgehead atoms. The lowest BCUT2D eigenvalue weighted by atomic mass is 10.2. The Morgan fingerprint density at radius 1 is 1.46 bits per heavy atom. The summed E-state index contributed by atoms with van der Waals surface area (Å²) in [5.74, 6) is 0.710. The minimum Gasteiger partial charge on any atom is -0.496 e. The Balaban J connectivity index is 1.85.